The van der Waals surface area contributed by atoms with Gasteiger partial charge in [0.2, 0.25) is 0 Å². The average Bonchev–Trinajstić information content (AvgIpc) is 3.77. The molecule has 1 aliphatic rings. The lowest BCUT2D eigenvalue weighted by Gasteiger charge is -2.30. The standard InChI is InChI=1S/C57H41NO/c1-4-54-47(48-36-30-38-16-6-9-19-44(38)56(48)59-54)35-31-40-17-7-12-25-52(40)58(53-26-14-24-51-55(53)49-20-10-11-23-50(49)57(51,2)3)41-32-27-39(28-33-41)43-21-13-22-45-42-18-8-5-15-37(42)29-34-46(43)45/h4-36H,1H2,2-3H3/b35-31+. The van der Waals surface area contributed by atoms with Gasteiger partial charge >= 0.3 is 0 Å². The van der Waals surface area contributed by atoms with E-state index in [0.29, 0.717) is 0 Å². The molecule has 1 aromatic heterocycles. The van der Waals surface area contributed by atoms with E-state index < -0.39 is 0 Å². The molecule has 1 heterocycles. The van der Waals surface area contributed by atoms with Gasteiger partial charge < -0.3 is 9.32 Å². The highest BCUT2D eigenvalue weighted by molar-refractivity contribution is 6.12. The van der Waals surface area contributed by atoms with E-state index >= 15 is 0 Å². The van der Waals surface area contributed by atoms with Crippen LogP contribution in [-0.4, -0.2) is 0 Å². The van der Waals surface area contributed by atoms with Gasteiger partial charge in [0.25, 0.3) is 0 Å². The van der Waals surface area contributed by atoms with Crippen LogP contribution in [0.3, 0.4) is 0 Å². The molecule has 280 valence electrons. The number of furan rings is 1. The van der Waals surface area contributed by atoms with E-state index in [2.05, 4.69) is 219 Å². The Kier molecular flexibility index (Phi) is 8.03. The molecule has 2 heteroatoms. The van der Waals surface area contributed by atoms with Gasteiger partial charge in [-0.05, 0) is 103 Å². The topological polar surface area (TPSA) is 16.4 Å². The summed E-state index contributed by atoms with van der Waals surface area (Å²) in [5, 5.41) is 8.38. The highest BCUT2D eigenvalue weighted by Gasteiger charge is 2.37. The van der Waals surface area contributed by atoms with E-state index in [0.717, 1.165) is 55.7 Å². The first kappa shape index (κ1) is 34.8. The van der Waals surface area contributed by atoms with Crippen molar-refractivity contribution in [3.63, 3.8) is 0 Å². The third kappa shape index (κ3) is 5.48. The van der Waals surface area contributed by atoms with E-state index in [1.54, 1.807) is 0 Å². The van der Waals surface area contributed by atoms with Gasteiger partial charge in [-0.2, -0.15) is 0 Å². The van der Waals surface area contributed by atoms with Crippen molar-refractivity contribution >= 4 is 78.6 Å². The Morgan fingerprint density at radius 3 is 1.95 bits per heavy atom. The Hall–Kier alpha value is -7.42. The number of hydrogen-bond acceptors (Lipinski definition) is 2. The third-order valence-electron chi connectivity index (χ3n) is 12.5. The second kappa shape index (κ2) is 13.6. The Morgan fingerprint density at radius 1 is 0.492 bits per heavy atom. The van der Waals surface area contributed by atoms with Crippen LogP contribution in [-0.2, 0) is 5.41 Å². The SMILES string of the molecule is C=Cc1oc2c(ccc3ccccc32)c1/C=C/c1ccccc1N(c1ccc(-c2cccc3c2ccc2ccccc23)cc1)c1cccc2c1-c1ccccc1C2(C)C. The van der Waals surface area contributed by atoms with Gasteiger partial charge in [-0.3, -0.25) is 0 Å². The third-order valence-corrected chi connectivity index (χ3v) is 12.5. The van der Waals surface area contributed by atoms with Crippen molar-refractivity contribution in [1.29, 1.82) is 0 Å². The van der Waals surface area contributed by atoms with Gasteiger partial charge in [-0.1, -0.05) is 178 Å². The van der Waals surface area contributed by atoms with Crippen molar-refractivity contribution in [2.24, 2.45) is 0 Å². The van der Waals surface area contributed by atoms with Gasteiger partial charge in [-0.25, -0.2) is 0 Å². The molecule has 0 saturated heterocycles. The highest BCUT2D eigenvalue weighted by Crippen LogP contribution is 2.54. The summed E-state index contributed by atoms with van der Waals surface area (Å²) in [4.78, 5) is 2.45. The average molecular weight is 756 g/mol. The molecular formula is C57H41NO. The van der Waals surface area contributed by atoms with E-state index in [4.69, 9.17) is 4.42 Å². The second-order valence-corrected chi connectivity index (χ2v) is 16.1. The predicted molar refractivity (Wildman–Crippen MR) is 252 cm³/mol. The van der Waals surface area contributed by atoms with Crippen molar-refractivity contribution in [3.05, 3.63) is 217 Å². The predicted octanol–water partition coefficient (Wildman–Crippen LogP) is 16.1. The van der Waals surface area contributed by atoms with Crippen LogP contribution in [0, 0.1) is 0 Å². The zero-order valence-corrected chi connectivity index (χ0v) is 33.1. The maximum Gasteiger partial charge on any atom is 0.143 e. The van der Waals surface area contributed by atoms with Gasteiger partial charge in [0, 0.05) is 33.0 Å². The van der Waals surface area contributed by atoms with Crippen molar-refractivity contribution in [3.8, 4) is 22.3 Å². The minimum atomic E-state index is -0.136. The molecule has 9 aromatic carbocycles. The summed E-state index contributed by atoms with van der Waals surface area (Å²) < 4.78 is 6.49. The number of rotatable bonds is 7. The summed E-state index contributed by atoms with van der Waals surface area (Å²) >= 11 is 0. The molecule has 0 unspecified atom stereocenters. The summed E-state index contributed by atoms with van der Waals surface area (Å²) in [7, 11) is 0. The number of hydrogen-bond donors (Lipinski definition) is 0. The molecular weight excluding hydrogens is 715 g/mol. The molecule has 59 heavy (non-hydrogen) atoms. The van der Waals surface area contributed by atoms with Crippen molar-refractivity contribution in [2.45, 2.75) is 19.3 Å². The normalized spacial score (nSPS) is 13.1. The summed E-state index contributed by atoms with van der Waals surface area (Å²) in [6.07, 6.45) is 6.24. The minimum absolute atomic E-state index is 0.136. The smallest absolute Gasteiger partial charge is 0.143 e. The van der Waals surface area contributed by atoms with Crippen LogP contribution in [0.4, 0.5) is 17.1 Å². The Labute approximate surface area is 344 Å². The van der Waals surface area contributed by atoms with Crippen LogP contribution in [0.5, 0.6) is 0 Å². The first-order chi connectivity index (χ1) is 29.0. The lowest BCUT2D eigenvalue weighted by molar-refractivity contribution is 0.607. The highest BCUT2D eigenvalue weighted by atomic mass is 16.3. The molecule has 0 N–H and O–H groups in total. The molecule has 2 nitrogen and oxygen atoms in total. The molecule has 0 bridgehead atoms. The quantitative estimate of drug-likeness (QED) is 0.151. The zero-order chi connectivity index (χ0) is 39.7. The van der Waals surface area contributed by atoms with Gasteiger partial charge in [0.15, 0.2) is 0 Å². The number of anilines is 3. The van der Waals surface area contributed by atoms with Crippen molar-refractivity contribution in [1.82, 2.24) is 0 Å². The first-order valence-electron chi connectivity index (χ1n) is 20.4. The molecule has 0 amide bonds. The van der Waals surface area contributed by atoms with Crippen molar-refractivity contribution < 1.29 is 4.42 Å². The van der Waals surface area contributed by atoms with Crippen LogP contribution < -0.4 is 4.90 Å². The lowest BCUT2D eigenvalue weighted by Crippen LogP contribution is -2.16. The monoisotopic (exact) mass is 755 g/mol. The summed E-state index contributed by atoms with van der Waals surface area (Å²) in [5.74, 6) is 0.763. The fourth-order valence-corrected chi connectivity index (χ4v) is 9.60. The number of fused-ring (bicyclic) bond motifs is 9. The minimum Gasteiger partial charge on any atom is -0.455 e. The Balaban J connectivity index is 1.09. The molecule has 0 aliphatic heterocycles. The van der Waals surface area contributed by atoms with E-state index in [1.807, 2.05) is 6.08 Å². The molecule has 0 radical (unpaired) electrons. The zero-order valence-electron chi connectivity index (χ0n) is 33.1. The summed E-state index contributed by atoms with van der Waals surface area (Å²) in [6, 6.07) is 66.1. The Bertz CT molecular complexity index is 3320. The molecule has 0 saturated carbocycles. The number of benzene rings is 9. The van der Waals surface area contributed by atoms with Crippen LogP contribution >= 0.6 is 0 Å². The van der Waals surface area contributed by atoms with Crippen LogP contribution in [0.25, 0.3) is 83.8 Å². The van der Waals surface area contributed by atoms with E-state index in [1.165, 1.54) is 54.9 Å². The number of para-hydroxylation sites is 1. The Morgan fingerprint density at radius 2 is 1.12 bits per heavy atom. The summed E-state index contributed by atoms with van der Waals surface area (Å²) in [5.41, 5.74) is 13.8. The number of nitrogens with zero attached hydrogens (tertiary/aromatic N) is 1. The summed E-state index contributed by atoms with van der Waals surface area (Å²) in [6.45, 7) is 8.83. The molecule has 11 rings (SSSR count). The van der Waals surface area contributed by atoms with Crippen LogP contribution in [0.15, 0.2) is 193 Å². The molecule has 0 spiro atoms. The van der Waals surface area contributed by atoms with E-state index in [-0.39, 0.29) is 5.41 Å². The fourth-order valence-electron chi connectivity index (χ4n) is 9.60. The van der Waals surface area contributed by atoms with Crippen molar-refractivity contribution in [2.75, 3.05) is 4.90 Å². The maximum atomic E-state index is 6.49. The van der Waals surface area contributed by atoms with Gasteiger partial charge in [-0.15, -0.1) is 0 Å². The second-order valence-electron chi connectivity index (χ2n) is 16.1. The first-order valence-corrected chi connectivity index (χ1v) is 20.4. The van der Waals surface area contributed by atoms with Gasteiger partial charge in [0.1, 0.15) is 11.3 Å². The van der Waals surface area contributed by atoms with Crippen LogP contribution in [0.2, 0.25) is 0 Å². The molecule has 0 atom stereocenters. The molecule has 10 aromatic rings. The van der Waals surface area contributed by atoms with E-state index in [9.17, 15) is 0 Å². The molecule has 1 aliphatic carbocycles. The van der Waals surface area contributed by atoms with Gasteiger partial charge in [0.05, 0.1) is 11.4 Å². The molecule has 0 fully saturated rings. The van der Waals surface area contributed by atoms with Crippen LogP contribution in [0.1, 0.15) is 41.9 Å². The lowest BCUT2D eigenvalue weighted by atomic mass is 9.82. The largest absolute Gasteiger partial charge is 0.455 e. The maximum absolute atomic E-state index is 6.49. The fraction of sp³-hybridized carbons (Fsp3) is 0.0526.